The summed E-state index contributed by atoms with van der Waals surface area (Å²) < 4.78 is 59.1. The van der Waals surface area contributed by atoms with E-state index in [9.17, 15) is 22.4 Å². The van der Waals surface area contributed by atoms with Gasteiger partial charge in [-0.3, -0.25) is 9.20 Å². The molecule has 162 valence electrons. The molecule has 1 aliphatic rings. The molecular formula is C22H14F4N4O2. The van der Waals surface area contributed by atoms with Crippen molar-refractivity contribution in [2.75, 3.05) is 18.1 Å². The van der Waals surface area contributed by atoms with Crippen LogP contribution >= 0.6 is 0 Å². The number of carbonyl (C=O) groups excluding carboxylic acids is 1. The monoisotopic (exact) mass is 442 g/mol. The van der Waals surface area contributed by atoms with Gasteiger partial charge in [-0.1, -0.05) is 12.1 Å². The first-order valence-corrected chi connectivity index (χ1v) is 9.56. The van der Waals surface area contributed by atoms with Crippen LogP contribution in [0.1, 0.15) is 16.1 Å². The summed E-state index contributed by atoms with van der Waals surface area (Å²) in [6, 6.07) is 8.59. The molecule has 0 spiro atoms. The summed E-state index contributed by atoms with van der Waals surface area (Å²) in [7, 11) is 0. The van der Waals surface area contributed by atoms with E-state index in [1.54, 1.807) is 4.40 Å². The molecule has 2 aromatic heterocycles. The maximum Gasteiger partial charge on any atom is 0.416 e. The molecule has 0 N–H and O–H groups in total. The topological polar surface area (TPSA) is 59.7 Å². The van der Waals surface area contributed by atoms with Crippen molar-refractivity contribution >= 4 is 17.2 Å². The molecule has 3 heterocycles. The lowest BCUT2D eigenvalue weighted by molar-refractivity contribution is -0.137. The average Bonchev–Trinajstić information content (AvgIpc) is 3.20. The van der Waals surface area contributed by atoms with Gasteiger partial charge in [0.15, 0.2) is 5.65 Å². The molecule has 0 saturated carbocycles. The third-order valence-electron chi connectivity index (χ3n) is 5.15. The van der Waals surface area contributed by atoms with Crippen molar-refractivity contribution in [3.05, 3.63) is 78.1 Å². The molecule has 0 aliphatic carbocycles. The number of aromatic nitrogens is 3. The molecule has 0 saturated heterocycles. The Labute approximate surface area is 178 Å². The Bertz CT molecular complexity index is 1330. The number of ether oxygens (including phenoxy) is 1. The maximum absolute atomic E-state index is 13.5. The van der Waals surface area contributed by atoms with Crippen molar-refractivity contribution in [2.24, 2.45) is 0 Å². The lowest BCUT2D eigenvalue weighted by atomic mass is 10.1. The highest BCUT2D eigenvalue weighted by molar-refractivity contribution is 6.05. The second kappa shape index (κ2) is 7.33. The van der Waals surface area contributed by atoms with E-state index in [4.69, 9.17) is 4.74 Å². The molecule has 5 rings (SSSR count). The molecule has 0 unspecified atom stereocenters. The van der Waals surface area contributed by atoms with Crippen LogP contribution in [0.3, 0.4) is 0 Å². The second-order valence-electron chi connectivity index (χ2n) is 7.14. The van der Waals surface area contributed by atoms with Crippen LogP contribution in [0, 0.1) is 5.82 Å². The first kappa shape index (κ1) is 20.0. The highest BCUT2D eigenvalue weighted by Gasteiger charge is 2.30. The predicted molar refractivity (Wildman–Crippen MR) is 107 cm³/mol. The van der Waals surface area contributed by atoms with E-state index < -0.39 is 23.5 Å². The fourth-order valence-electron chi connectivity index (χ4n) is 3.59. The van der Waals surface area contributed by atoms with Gasteiger partial charge in [0.05, 0.1) is 35.9 Å². The number of alkyl halides is 3. The number of nitrogens with zero attached hydrogens (tertiary/aromatic N) is 4. The SMILES string of the molecule is O=C(c1cn2c(-c3ccc(C(F)(F)F)cc3)cnc2cn1)N1CCOc2cc(F)ccc21. The van der Waals surface area contributed by atoms with Gasteiger partial charge in [-0.15, -0.1) is 0 Å². The molecule has 0 atom stereocenters. The van der Waals surface area contributed by atoms with Crippen LogP contribution in [0.25, 0.3) is 16.9 Å². The Morgan fingerprint density at radius 3 is 2.56 bits per heavy atom. The number of fused-ring (bicyclic) bond motifs is 2. The first-order valence-electron chi connectivity index (χ1n) is 9.56. The van der Waals surface area contributed by atoms with Crippen LogP contribution in [0.2, 0.25) is 0 Å². The fraction of sp³-hybridized carbons (Fsp3) is 0.136. The summed E-state index contributed by atoms with van der Waals surface area (Å²) >= 11 is 0. The average molecular weight is 442 g/mol. The van der Waals surface area contributed by atoms with E-state index in [-0.39, 0.29) is 24.6 Å². The summed E-state index contributed by atoms with van der Waals surface area (Å²) in [5, 5.41) is 0. The van der Waals surface area contributed by atoms with Gasteiger partial charge < -0.3 is 9.64 Å². The van der Waals surface area contributed by atoms with Crippen LogP contribution in [0.15, 0.2) is 61.1 Å². The molecule has 1 aliphatic heterocycles. The van der Waals surface area contributed by atoms with E-state index >= 15 is 0 Å². The summed E-state index contributed by atoms with van der Waals surface area (Å²) in [6.45, 7) is 0.458. The maximum atomic E-state index is 13.5. The summed E-state index contributed by atoms with van der Waals surface area (Å²) in [5.41, 5.74) is 1.21. The number of carbonyl (C=O) groups is 1. The van der Waals surface area contributed by atoms with Crippen molar-refractivity contribution < 1.29 is 27.1 Å². The highest BCUT2D eigenvalue weighted by atomic mass is 19.4. The number of amides is 1. The van der Waals surface area contributed by atoms with Crippen molar-refractivity contribution in [3.63, 3.8) is 0 Å². The zero-order valence-electron chi connectivity index (χ0n) is 16.3. The van der Waals surface area contributed by atoms with Gasteiger partial charge in [0.2, 0.25) is 0 Å². The van der Waals surface area contributed by atoms with Crippen molar-refractivity contribution in [2.45, 2.75) is 6.18 Å². The number of halogens is 4. The molecule has 32 heavy (non-hydrogen) atoms. The molecule has 10 heteroatoms. The highest BCUT2D eigenvalue weighted by Crippen LogP contribution is 2.33. The minimum Gasteiger partial charge on any atom is -0.489 e. The van der Waals surface area contributed by atoms with Crippen LogP contribution in [0.4, 0.5) is 23.2 Å². The molecule has 0 bridgehead atoms. The quantitative estimate of drug-likeness (QED) is 0.426. The third kappa shape index (κ3) is 3.43. The molecule has 1 amide bonds. The summed E-state index contributed by atoms with van der Waals surface area (Å²) in [4.78, 5) is 23.0. The molecule has 6 nitrogen and oxygen atoms in total. The largest absolute Gasteiger partial charge is 0.489 e. The van der Waals surface area contributed by atoms with Crippen molar-refractivity contribution in [1.29, 1.82) is 0 Å². The molecular weight excluding hydrogens is 428 g/mol. The van der Waals surface area contributed by atoms with Gasteiger partial charge in [0.25, 0.3) is 5.91 Å². The van der Waals surface area contributed by atoms with E-state index in [2.05, 4.69) is 9.97 Å². The number of rotatable bonds is 2. The number of anilines is 1. The standard InChI is InChI=1S/C22H14F4N4O2/c23-15-5-6-17-19(9-15)32-8-7-29(17)21(31)16-12-30-18(10-28-20(30)11-27-16)13-1-3-14(4-2-13)22(24,25)26/h1-6,9-12H,7-8H2. The van der Waals surface area contributed by atoms with Crippen LogP contribution in [-0.4, -0.2) is 33.4 Å². The van der Waals surface area contributed by atoms with Gasteiger partial charge in [0, 0.05) is 17.8 Å². The number of hydrogen-bond donors (Lipinski definition) is 0. The van der Waals surface area contributed by atoms with E-state index in [0.29, 0.717) is 22.6 Å². The third-order valence-corrected chi connectivity index (χ3v) is 5.15. The molecule has 0 radical (unpaired) electrons. The van der Waals surface area contributed by atoms with Crippen LogP contribution in [0.5, 0.6) is 5.75 Å². The van der Waals surface area contributed by atoms with Gasteiger partial charge in [-0.2, -0.15) is 13.2 Å². The summed E-state index contributed by atoms with van der Waals surface area (Å²) in [5.74, 6) is -0.633. The Morgan fingerprint density at radius 1 is 1.03 bits per heavy atom. The first-order chi connectivity index (χ1) is 15.3. The Balaban J connectivity index is 1.52. The fourth-order valence-corrected chi connectivity index (χ4v) is 3.59. The van der Waals surface area contributed by atoms with Crippen LogP contribution in [-0.2, 0) is 6.18 Å². The summed E-state index contributed by atoms with van der Waals surface area (Å²) in [6.07, 6.45) is -0.0390. The Hall–Kier alpha value is -3.95. The van der Waals surface area contributed by atoms with E-state index in [1.807, 2.05) is 0 Å². The van der Waals surface area contributed by atoms with E-state index in [1.165, 1.54) is 53.8 Å². The number of hydrogen-bond acceptors (Lipinski definition) is 4. The minimum atomic E-state index is -4.43. The Morgan fingerprint density at radius 2 is 1.81 bits per heavy atom. The predicted octanol–water partition coefficient (Wildman–Crippen LogP) is 4.59. The minimum absolute atomic E-state index is 0.0980. The van der Waals surface area contributed by atoms with Crippen molar-refractivity contribution in [1.82, 2.24) is 14.4 Å². The Kier molecular flexibility index (Phi) is 4.58. The van der Waals surface area contributed by atoms with Crippen molar-refractivity contribution in [3.8, 4) is 17.0 Å². The van der Waals surface area contributed by atoms with Crippen LogP contribution < -0.4 is 9.64 Å². The van der Waals surface area contributed by atoms with Gasteiger partial charge >= 0.3 is 6.18 Å². The second-order valence-corrected chi connectivity index (χ2v) is 7.14. The van der Waals surface area contributed by atoms with Gasteiger partial charge in [-0.25, -0.2) is 14.4 Å². The molecule has 0 fully saturated rings. The van der Waals surface area contributed by atoms with E-state index in [0.717, 1.165) is 12.1 Å². The molecule has 2 aromatic carbocycles. The molecule has 4 aromatic rings. The zero-order chi connectivity index (χ0) is 22.5. The lowest BCUT2D eigenvalue weighted by Gasteiger charge is -2.29. The smallest absolute Gasteiger partial charge is 0.416 e. The number of imidazole rings is 1. The van der Waals surface area contributed by atoms with Gasteiger partial charge in [-0.05, 0) is 24.3 Å². The number of benzene rings is 2. The lowest BCUT2D eigenvalue weighted by Crippen LogP contribution is -2.38. The van der Waals surface area contributed by atoms with Gasteiger partial charge in [0.1, 0.15) is 23.9 Å². The normalized spacial score (nSPS) is 13.7. The zero-order valence-corrected chi connectivity index (χ0v) is 16.3.